The smallest absolute Gasteiger partial charge is 0.256 e. The highest BCUT2D eigenvalue weighted by atomic mass is 19.1. The summed E-state index contributed by atoms with van der Waals surface area (Å²) in [6.45, 7) is 2.42. The van der Waals surface area contributed by atoms with Crippen LogP contribution in [0.3, 0.4) is 0 Å². The summed E-state index contributed by atoms with van der Waals surface area (Å²) < 4.78 is 13.6. The molecule has 1 aromatic carbocycles. The van der Waals surface area contributed by atoms with Crippen molar-refractivity contribution in [1.29, 1.82) is 0 Å². The lowest BCUT2D eigenvalue weighted by Gasteiger charge is -2.46. The Labute approximate surface area is 126 Å². The molecule has 0 aliphatic carbocycles. The highest BCUT2D eigenvalue weighted by Crippen LogP contribution is 2.26. The predicted octanol–water partition coefficient (Wildman–Crippen LogP) is 0.840. The molecule has 1 N–H and O–H groups in total. The highest BCUT2D eigenvalue weighted by molar-refractivity contribution is 5.97. The number of amides is 1. The molecule has 4 rings (SSSR count). The molecule has 114 valence electrons. The van der Waals surface area contributed by atoms with E-state index in [-0.39, 0.29) is 5.91 Å². The second-order valence-corrected chi connectivity index (χ2v) is 5.79. The molecule has 0 radical (unpaired) electrons. The molecule has 1 aromatic heterocycles. The van der Waals surface area contributed by atoms with E-state index in [2.05, 4.69) is 15.5 Å². The number of aromatic nitrogens is 3. The Bertz CT molecular complexity index is 702. The molecule has 22 heavy (non-hydrogen) atoms. The van der Waals surface area contributed by atoms with Crippen LogP contribution in [0.15, 0.2) is 30.6 Å². The Hall–Kier alpha value is -2.28. The lowest BCUT2D eigenvalue weighted by molar-refractivity contribution is 0.0518. The summed E-state index contributed by atoms with van der Waals surface area (Å²) in [6, 6.07) is 4.49. The van der Waals surface area contributed by atoms with E-state index in [1.807, 2.05) is 0 Å². The molecule has 7 heteroatoms. The summed E-state index contributed by atoms with van der Waals surface area (Å²) in [5.41, 5.74) is 0.800. The van der Waals surface area contributed by atoms with Gasteiger partial charge in [-0.1, -0.05) is 0 Å². The molecule has 2 aliphatic heterocycles. The average Bonchev–Trinajstić information content (AvgIpc) is 3.02. The Morgan fingerprint density at radius 1 is 1.32 bits per heavy atom. The Morgan fingerprint density at radius 3 is 2.82 bits per heavy atom. The van der Waals surface area contributed by atoms with Gasteiger partial charge >= 0.3 is 0 Å². The van der Waals surface area contributed by atoms with E-state index in [1.165, 1.54) is 35.4 Å². The fourth-order valence-corrected chi connectivity index (χ4v) is 3.17. The lowest BCUT2D eigenvalue weighted by atomic mass is 9.85. The zero-order chi connectivity index (χ0) is 15.1. The highest BCUT2D eigenvalue weighted by Gasteiger charge is 2.37. The third-order valence-electron chi connectivity index (χ3n) is 4.51. The first kappa shape index (κ1) is 13.4. The van der Waals surface area contributed by atoms with Crippen LogP contribution in [0.1, 0.15) is 16.8 Å². The minimum Gasteiger partial charge on any atom is -0.337 e. The molecule has 2 aliphatic rings. The van der Waals surface area contributed by atoms with E-state index in [0.29, 0.717) is 36.3 Å². The molecule has 0 spiro atoms. The molecule has 0 bridgehead atoms. The number of nitrogens with one attached hydrogen (secondary N) is 1. The number of carbonyl (C=O) groups is 1. The van der Waals surface area contributed by atoms with Gasteiger partial charge in [0.05, 0.1) is 23.6 Å². The Morgan fingerprint density at radius 2 is 2.14 bits per heavy atom. The van der Waals surface area contributed by atoms with E-state index in [0.717, 1.165) is 13.0 Å². The molecule has 3 heterocycles. The van der Waals surface area contributed by atoms with Crippen molar-refractivity contribution in [3.63, 3.8) is 0 Å². The number of hydrogen-bond acceptors (Lipinski definition) is 4. The van der Waals surface area contributed by atoms with Gasteiger partial charge in [0, 0.05) is 19.1 Å². The number of carbonyl (C=O) groups excluding carboxylic acids is 1. The van der Waals surface area contributed by atoms with Crippen molar-refractivity contribution < 1.29 is 9.18 Å². The van der Waals surface area contributed by atoms with Gasteiger partial charge in [-0.25, -0.2) is 4.39 Å². The summed E-state index contributed by atoms with van der Waals surface area (Å²) in [4.78, 5) is 15.9. The third kappa shape index (κ3) is 2.18. The van der Waals surface area contributed by atoms with E-state index in [9.17, 15) is 9.18 Å². The number of nitrogens with zero attached hydrogens (tertiary/aromatic N) is 4. The van der Waals surface area contributed by atoms with Crippen LogP contribution in [0.2, 0.25) is 0 Å². The number of benzene rings is 1. The summed E-state index contributed by atoms with van der Waals surface area (Å²) in [7, 11) is 0. The van der Waals surface area contributed by atoms with Gasteiger partial charge in [0.1, 0.15) is 5.82 Å². The second kappa shape index (κ2) is 5.17. The topological polar surface area (TPSA) is 63.1 Å². The van der Waals surface area contributed by atoms with Crippen LogP contribution in [-0.4, -0.2) is 51.5 Å². The van der Waals surface area contributed by atoms with Gasteiger partial charge < -0.3 is 10.2 Å². The summed E-state index contributed by atoms with van der Waals surface area (Å²) in [6.07, 6.45) is 4.05. The van der Waals surface area contributed by atoms with Crippen LogP contribution < -0.4 is 5.32 Å². The number of rotatable bonds is 2. The van der Waals surface area contributed by atoms with Crippen LogP contribution in [0.25, 0.3) is 5.69 Å². The number of halogens is 1. The average molecular weight is 301 g/mol. The first-order chi connectivity index (χ1) is 10.7. The Balaban J connectivity index is 1.66. The van der Waals surface area contributed by atoms with Crippen molar-refractivity contribution in [3.05, 3.63) is 42.0 Å². The summed E-state index contributed by atoms with van der Waals surface area (Å²) in [5.74, 6) is 0.0682. The maximum Gasteiger partial charge on any atom is 0.256 e. The van der Waals surface area contributed by atoms with Gasteiger partial charge in [-0.2, -0.15) is 15.0 Å². The van der Waals surface area contributed by atoms with Crippen molar-refractivity contribution in [2.24, 2.45) is 5.92 Å². The number of piperidine rings is 1. The SMILES string of the molecule is O=C(c1cc(F)ccc1-n1nccn1)N1CC[C@H]2CN[C@H]2C1. The van der Waals surface area contributed by atoms with Gasteiger partial charge in [-0.3, -0.25) is 4.79 Å². The van der Waals surface area contributed by atoms with Gasteiger partial charge in [-0.05, 0) is 37.1 Å². The molecular formula is C15H16FN5O. The molecule has 6 nitrogen and oxygen atoms in total. The predicted molar refractivity (Wildman–Crippen MR) is 77.1 cm³/mol. The molecular weight excluding hydrogens is 285 g/mol. The molecule has 0 saturated carbocycles. The number of hydrogen-bond donors (Lipinski definition) is 1. The summed E-state index contributed by atoms with van der Waals surface area (Å²) in [5, 5.41) is 11.4. The minimum atomic E-state index is -0.434. The van der Waals surface area contributed by atoms with Gasteiger partial charge in [0.25, 0.3) is 5.91 Å². The van der Waals surface area contributed by atoms with E-state index < -0.39 is 5.82 Å². The van der Waals surface area contributed by atoms with Crippen LogP contribution in [0, 0.1) is 11.7 Å². The van der Waals surface area contributed by atoms with E-state index >= 15 is 0 Å². The molecule has 2 atom stereocenters. The standard InChI is InChI=1S/C15H16FN5O/c16-11-1-2-14(21-18-4-5-19-21)12(7-11)15(22)20-6-3-10-8-17-13(10)9-20/h1-2,4-5,7,10,13,17H,3,6,8-9H2/t10-,13-/m0/s1. The van der Waals surface area contributed by atoms with E-state index in [4.69, 9.17) is 0 Å². The molecule has 2 saturated heterocycles. The van der Waals surface area contributed by atoms with Crippen LogP contribution in [0.4, 0.5) is 4.39 Å². The molecule has 1 amide bonds. The lowest BCUT2D eigenvalue weighted by Crippen LogP contribution is -2.62. The maximum absolute atomic E-state index is 13.6. The van der Waals surface area contributed by atoms with Crippen molar-refractivity contribution in [2.75, 3.05) is 19.6 Å². The van der Waals surface area contributed by atoms with Crippen molar-refractivity contribution >= 4 is 5.91 Å². The first-order valence-electron chi connectivity index (χ1n) is 7.41. The number of fused-ring (bicyclic) bond motifs is 1. The van der Waals surface area contributed by atoms with Crippen LogP contribution in [0.5, 0.6) is 0 Å². The van der Waals surface area contributed by atoms with Crippen molar-refractivity contribution in [1.82, 2.24) is 25.2 Å². The molecule has 2 fully saturated rings. The van der Waals surface area contributed by atoms with Crippen molar-refractivity contribution in [3.8, 4) is 5.69 Å². The van der Waals surface area contributed by atoms with Crippen molar-refractivity contribution in [2.45, 2.75) is 12.5 Å². The minimum absolute atomic E-state index is 0.168. The normalized spacial score (nSPS) is 23.8. The summed E-state index contributed by atoms with van der Waals surface area (Å²) >= 11 is 0. The largest absolute Gasteiger partial charge is 0.337 e. The van der Waals surface area contributed by atoms with Gasteiger partial charge in [0.2, 0.25) is 0 Å². The second-order valence-electron chi connectivity index (χ2n) is 5.79. The molecule has 0 unspecified atom stereocenters. The zero-order valence-corrected chi connectivity index (χ0v) is 11.9. The Kier molecular flexibility index (Phi) is 3.15. The number of likely N-dealkylation sites (tertiary alicyclic amines) is 1. The van der Waals surface area contributed by atoms with E-state index in [1.54, 1.807) is 4.90 Å². The monoisotopic (exact) mass is 301 g/mol. The zero-order valence-electron chi connectivity index (χ0n) is 11.9. The van der Waals surface area contributed by atoms with Gasteiger partial charge in [-0.15, -0.1) is 0 Å². The molecule has 2 aromatic rings. The van der Waals surface area contributed by atoms with Crippen LogP contribution >= 0.6 is 0 Å². The fourth-order valence-electron chi connectivity index (χ4n) is 3.17. The third-order valence-corrected chi connectivity index (χ3v) is 4.51. The maximum atomic E-state index is 13.6. The fraction of sp³-hybridized carbons (Fsp3) is 0.400. The van der Waals surface area contributed by atoms with Gasteiger partial charge in [0.15, 0.2) is 0 Å². The van der Waals surface area contributed by atoms with Crippen LogP contribution in [-0.2, 0) is 0 Å². The quantitative estimate of drug-likeness (QED) is 0.893. The first-order valence-corrected chi connectivity index (χ1v) is 7.41.